The molecule has 4 aromatic heterocycles. The molecule has 0 bridgehead atoms. The summed E-state index contributed by atoms with van der Waals surface area (Å²) in [5, 5.41) is 26.0. The molecular weight excluding hydrogens is 586 g/mol. The normalized spacial score (nSPS) is 12.0. The Kier molecular flexibility index (Phi) is 7.63. The Morgan fingerprint density at radius 3 is 2.57 bits per heavy atom. The number of nitriles is 1. The van der Waals surface area contributed by atoms with Gasteiger partial charge in [0.25, 0.3) is 0 Å². The third kappa shape index (κ3) is 5.52. The van der Waals surface area contributed by atoms with Crippen LogP contribution in [0.1, 0.15) is 42.8 Å². The molecule has 0 spiro atoms. The summed E-state index contributed by atoms with van der Waals surface area (Å²) in [5.74, 6) is -1.54. The minimum Gasteiger partial charge on any atom is -0.373 e. The number of aryl methyl sites for hydroxylation is 1. The van der Waals surface area contributed by atoms with Crippen molar-refractivity contribution in [2.45, 2.75) is 25.9 Å². The lowest BCUT2D eigenvalue weighted by atomic mass is 10.0. The predicted molar refractivity (Wildman–Crippen MR) is 163 cm³/mol. The van der Waals surface area contributed by atoms with Crippen LogP contribution in [0.4, 0.5) is 25.8 Å². The second kappa shape index (κ2) is 11.7. The van der Waals surface area contributed by atoms with E-state index in [-0.39, 0.29) is 17.3 Å². The molecule has 0 aliphatic heterocycles. The lowest BCUT2D eigenvalue weighted by molar-refractivity contribution is 0.480. The summed E-state index contributed by atoms with van der Waals surface area (Å²) in [5.41, 5.74) is 4.13. The Bertz CT molecular complexity index is 2050. The number of benzene rings is 2. The smallest absolute Gasteiger partial charge is 0.249 e. The van der Waals surface area contributed by atoms with E-state index in [0.29, 0.717) is 33.0 Å². The van der Waals surface area contributed by atoms with Gasteiger partial charge < -0.3 is 15.2 Å². The van der Waals surface area contributed by atoms with Crippen LogP contribution in [0.2, 0.25) is 5.02 Å². The van der Waals surface area contributed by atoms with Crippen LogP contribution >= 0.6 is 11.6 Å². The second-order valence-corrected chi connectivity index (χ2v) is 10.8. The maximum absolute atomic E-state index is 14.0. The van der Waals surface area contributed by atoms with Crippen molar-refractivity contribution in [1.29, 1.82) is 5.26 Å². The third-order valence-corrected chi connectivity index (χ3v) is 7.36. The molecule has 0 aliphatic rings. The Hall–Kier alpha value is -5.41. The van der Waals surface area contributed by atoms with Gasteiger partial charge in [-0.05, 0) is 37.6 Å². The first kappa shape index (κ1) is 28.7. The van der Waals surface area contributed by atoms with E-state index in [9.17, 15) is 14.0 Å². The molecule has 4 heterocycles. The number of nitrogens with zero attached hydrogens (tertiary/aromatic N) is 8. The summed E-state index contributed by atoms with van der Waals surface area (Å²) in [7, 11) is 1.93. The van der Waals surface area contributed by atoms with E-state index in [2.05, 4.69) is 42.0 Å². The molecular formula is C31H25ClF2N10. The average molecular weight is 611 g/mol. The van der Waals surface area contributed by atoms with Crippen LogP contribution in [-0.2, 0) is 7.05 Å². The molecule has 0 unspecified atom stereocenters. The molecule has 1 atom stereocenters. The number of pyridine rings is 2. The molecule has 0 saturated carbocycles. The highest BCUT2D eigenvalue weighted by molar-refractivity contribution is 6.36. The highest BCUT2D eigenvalue weighted by atomic mass is 35.5. The number of aromatic nitrogens is 7. The number of imidazole rings is 1. The number of rotatable bonds is 8. The highest BCUT2D eigenvalue weighted by Crippen LogP contribution is 2.37. The van der Waals surface area contributed by atoms with Crippen LogP contribution < -0.4 is 10.6 Å². The van der Waals surface area contributed by atoms with Crippen molar-refractivity contribution < 1.29 is 8.78 Å². The van der Waals surface area contributed by atoms with Gasteiger partial charge in [-0.2, -0.15) is 9.65 Å². The maximum atomic E-state index is 14.0. The van der Waals surface area contributed by atoms with E-state index < -0.39 is 17.8 Å². The molecule has 0 amide bonds. The van der Waals surface area contributed by atoms with Crippen LogP contribution in [0.5, 0.6) is 0 Å². The molecule has 6 rings (SSSR count). The molecule has 0 aliphatic carbocycles. The van der Waals surface area contributed by atoms with Gasteiger partial charge in [-0.25, -0.2) is 19.0 Å². The summed E-state index contributed by atoms with van der Waals surface area (Å²) < 4.78 is 31.2. The van der Waals surface area contributed by atoms with Crippen molar-refractivity contribution in [3.8, 4) is 17.5 Å². The zero-order valence-corrected chi connectivity index (χ0v) is 24.6. The lowest BCUT2D eigenvalue weighted by Gasteiger charge is -2.20. The molecule has 0 radical (unpaired) electrons. The maximum Gasteiger partial charge on any atom is 0.249 e. The van der Waals surface area contributed by atoms with Crippen molar-refractivity contribution in [3.05, 3.63) is 107 Å². The number of hydrogen-bond donors (Lipinski definition) is 2. The van der Waals surface area contributed by atoms with Gasteiger partial charge in [0, 0.05) is 54.4 Å². The van der Waals surface area contributed by atoms with Crippen molar-refractivity contribution in [1.82, 2.24) is 34.5 Å². The van der Waals surface area contributed by atoms with E-state index in [1.807, 2.05) is 62.1 Å². The molecule has 6 aromatic rings. The summed E-state index contributed by atoms with van der Waals surface area (Å²) >= 11 is 6.73. The third-order valence-electron chi connectivity index (χ3n) is 7.07. The van der Waals surface area contributed by atoms with E-state index in [1.165, 1.54) is 6.20 Å². The van der Waals surface area contributed by atoms with Gasteiger partial charge in [-0.3, -0.25) is 4.98 Å². The van der Waals surface area contributed by atoms with Gasteiger partial charge in [0.05, 0.1) is 45.9 Å². The van der Waals surface area contributed by atoms with Gasteiger partial charge in [0.2, 0.25) is 5.95 Å². The van der Waals surface area contributed by atoms with E-state index in [4.69, 9.17) is 11.6 Å². The minimum atomic E-state index is -1.22. The largest absolute Gasteiger partial charge is 0.373 e. The summed E-state index contributed by atoms with van der Waals surface area (Å²) in [4.78, 5) is 12.3. The number of hydrogen-bond acceptors (Lipinski definition) is 8. The molecule has 0 fully saturated rings. The first-order chi connectivity index (χ1) is 21.2. The molecule has 2 N–H and O–H groups in total. The Morgan fingerprint density at radius 2 is 1.86 bits per heavy atom. The van der Waals surface area contributed by atoms with Crippen LogP contribution in [0, 0.1) is 23.1 Å². The zero-order valence-electron chi connectivity index (χ0n) is 23.8. The van der Waals surface area contributed by atoms with E-state index in [1.54, 1.807) is 23.0 Å². The monoisotopic (exact) mass is 610 g/mol. The lowest BCUT2D eigenvalue weighted by Crippen LogP contribution is -2.13. The van der Waals surface area contributed by atoms with Crippen LogP contribution in [0.3, 0.4) is 0 Å². The summed E-state index contributed by atoms with van der Waals surface area (Å²) in [6.07, 6.45) is 8.02. The fourth-order valence-electron chi connectivity index (χ4n) is 4.87. The van der Waals surface area contributed by atoms with Crippen molar-refractivity contribution in [3.63, 3.8) is 0 Å². The van der Waals surface area contributed by atoms with Gasteiger partial charge in [-0.15, -0.1) is 5.10 Å². The Balaban J connectivity index is 1.46. The molecule has 13 heteroatoms. The quantitative estimate of drug-likeness (QED) is 0.178. The zero-order chi connectivity index (χ0) is 31.0. The molecule has 220 valence electrons. The van der Waals surface area contributed by atoms with E-state index in [0.717, 1.165) is 29.2 Å². The van der Waals surface area contributed by atoms with E-state index >= 15 is 0 Å². The average Bonchev–Trinajstić information content (AvgIpc) is 3.68. The van der Waals surface area contributed by atoms with Gasteiger partial charge in [0.15, 0.2) is 5.82 Å². The van der Waals surface area contributed by atoms with Crippen LogP contribution in [0.15, 0.2) is 73.4 Å². The van der Waals surface area contributed by atoms with Gasteiger partial charge in [0.1, 0.15) is 17.6 Å². The number of fused-ring (bicyclic) bond motifs is 1. The molecule has 2 aromatic carbocycles. The molecule has 10 nitrogen and oxygen atoms in total. The fraction of sp³-hybridized carbons (Fsp3) is 0.161. The Morgan fingerprint density at radius 1 is 1.02 bits per heavy atom. The van der Waals surface area contributed by atoms with Crippen LogP contribution in [-0.4, -0.2) is 34.5 Å². The summed E-state index contributed by atoms with van der Waals surface area (Å²) in [6, 6.07) is 14.2. The number of anilines is 3. The molecule has 0 saturated heterocycles. The van der Waals surface area contributed by atoms with Gasteiger partial charge >= 0.3 is 0 Å². The number of nitrogens with one attached hydrogen (secondary N) is 2. The van der Waals surface area contributed by atoms with Crippen molar-refractivity contribution in [2.75, 3.05) is 10.6 Å². The standard InChI is InChI=1S/C31H25ClF2N10/c1-17(2)44-16-26(41-42-44)28(18-5-4-6-19(9-18)31-36-7-8-43(31)3)39-21-10-23-27(40-22-12-25(33)30(34)38-15-22)20(13-35)14-37-29(23)24(32)11-21/h4-12,14-17,28,39H,1-3H3,(H,37,40)/t28-/m0/s1. The van der Waals surface area contributed by atoms with Crippen molar-refractivity contribution >= 4 is 39.6 Å². The van der Waals surface area contributed by atoms with Crippen LogP contribution in [0.25, 0.3) is 22.3 Å². The van der Waals surface area contributed by atoms with Crippen molar-refractivity contribution in [2.24, 2.45) is 7.05 Å². The Labute approximate surface area is 256 Å². The summed E-state index contributed by atoms with van der Waals surface area (Å²) in [6.45, 7) is 4.03. The fourth-order valence-corrected chi connectivity index (χ4v) is 5.14. The number of halogens is 3. The first-order valence-corrected chi connectivity index (χ1v) is 14.0. The predicted octanol–water partition coefficient (Wildman–Crippen LogP) is 6.95. The minimum absolute atomic E-state index is 0.0980. The van der Waals surface area contributed by atoms with Gasteiger partial charge in [-0.1, -0.05) is 35.0 Å². The molecule has 44 heavy (non-hydrogen) atoms. The SMILES string of the molecule is CC(C)n1cc([C@@H](Nc2cc(Cl)c3ncc(C#N)c(Nc4cnc(F)c(F)c4)c3c2)c2cccc(-c3nccn3C)c2)nn1. The topological polar surface area (TPSA) is 122 Å². The second-order valence-electron chi connectivity index (χ2n) is 10.4. The first-order valence-electron chi connectivity index (χ1n) is 13.6. The highest BCUT2D eigenvalue weighted by Gasteiger charge is 2.22.